The fraction of sp³-hybridized carbons (Fsp3) is 0.526. The van der Waals surface area contributed by atoms with Crippen molar-refractivity contribution in [1.82, 2.24) is 14.7 Å². The second kappa shape index (κ2) is 7.55. The van der Waals surface area contributed by atoms with Crippen LogP contribution in [-0.2, 0) is 14.4 Å². The lowest BCUT2D eigenvalue weighted by atomic mass is 10.1. The van der Waals surface area contributed by atoms with Crippen LogP contribution >= 0.6 is 0 Å². The number of anilines is 1. The van der Waals surface area contributed by atoms with Crippen LogP contribution in [-0.4, -0.2) is 78.2 Å². The summed E-state index contributed by atoms with van der Waals surface area (Å²) in [6.45, 7) is 7.16. The maximum atomic E-state index is 12.3. The van der Waals surface area contributed by atoms with Gasteiger partial charge in [-0.25, -0.2) is 0 Å². The van der Waals surface area contributed by atoms with Gasteiger partial charge in [-0.05, 0) is 31.0 Å². The SMILES string of the molecule is Cc1cccc(NC(=O)CN2CCN(C3CC(=O)N(C)C3=O)CC2)c1C. The maximum absolute atomic E-state index is 12.3. The zero-order valence-electron chi connectivity index (χ0n) is 15.6. The zero-order chi connectivity index (χ0) is 18.8. The van der Waals surface area contributed by atoms with Crippen LogP contribution in [0.3, 0.4) is 0 Å². The van der Waals surface area contributed by atoms with Gasteiger partial charge in [-0.1, -0.05) is 12.1 Å². The van der Waals surface area contributed by atoms with Crippen LogP contribution in [0.15, 0.2) is 18.2 Å². The molecule has 0 aromatic heterocycles. The second-order valence-corrected chi connectivity index (χ2v) is 7.12. The molecule has 0 saturated carbocycles. The number of nitrogens with zero attached hydrogens (tertiary/aromatic N) is 3. The number of piperazine rings is 1. The van der Waals surface area contributed by atoms with Gasteiger partial charge >= 0.3 is 0 Å². The highest BCUT2D eigenvalue weighted by atomic mass is 16.2. The van der Waals surface area contributed by atoms with Gasteiger partial charge in [0.05, 0.1) is 19.0 Å². The van der Waals surface area contributed by atoms with Crippen molar-refractivity contribution in [1.29, 1.82) is 0 Å². The van der Waals surface area contributed by atoms with E-state index in [0.29, 0.717) is 32.7 Å². The summed E-state index contributed by atoms with van der Waals surface area (Å²) in [4.78, 5) is 41.5. The Morgan fingerprint density at radius 2 is 1.85 bits per heavy atom. The minimum absolute atomic E-state index is 0.0287. The first-order valence-electron chi connectivity index (χ1n) is 8.99. The van der Waals surface area contributed by atoms with Gasteiger partial charge in [0.1, 0.15) is 0 Å². The molecular formula is C19H26N4O3. The average Bonchev–Trinajstić information content (AvgIpc) is 2.87. The molecule has 0 spiro atoms. The summed E-state index contributed by atoms with van der Waals surface area (Å²) in [6.07, 6.45) is 0.266. The Balaban J connectivity index is 1.50. The molecule has 0 bridgehead atoms. The molecule has 1 aromatic rings. The molecule has 1 N–H and O–H groups in total. The number of benzene rings is 1. The van der Waals surface area contributed by atoms with E-state index in [0.717, 1.165) is 16.8 Å². The van der Waals surface area contributed by atoms with Crippen LogP contribution in [0, 0.1) is 13.8 Å². The minimum atomic E-state index is -0.335. The summed E-state index contributed by atoms with van der Waals surface area (Å²) in [7, 11) is 1.54. The Morgan fingerprint density at radius 1 is 1.15 bits per heavy atom. The second-order valence-electron chi connectivity index (χ2n) is 7.12. The smallest absolute Gasteiger partial charge is 0.246 e. The molecule has 2 aliphatic rings. The molecule has 2 heterocycles. The molecule has 3 rings (SSSR count). The standard InChI is InChI=1S/C19H26N4O3/c1-13-5-4-6-15(14(13)2)20-17(24)12-22-7-9-23(10-8-22)16-11-18(25)21(3)19(16)26/h4-6,16H,7-12H2,1-3H3,(H,20,24). The number of carbonyl (C=O) groups excluding carboxylic acids is 3. The molecule has 0 radical (unpaired) electrons. The highest BCUT2D eigenvalue weighted by Crippen LogP contribution is 2.20. The number of aryl methyl sites for hydroxylation is 1. The van der Waals surface area contributed by atoms with Gasteiger partial charge in [0.15, 0.2) is 0 Å². The number of likely N-dealkylation sites (N-methyl/N-ethyl adjacent to an activating group) is 1. The summed E-state index contributed by atoms with van der Waals surface area (Å²) in [6, 6.07) is 5.54. The van der Waals surface area contributed by atoms with Crippen molar-refractivity contribution >= 4 is 23.4 Å². The number of imide groups is 1. The van der Waals surface area contributed by atoms with Crippen molar-refractivity contribution in [2.45, 2.75) is 26.3 Å². The van der Waals surface area contributed by atoms with E-state index in [1.165, 1.54) is 4.90 Å². The third-order valence-electron chi connectivity index (χ3n) is 5.45. The average molecular weight is 358 g/mol. The number of hydrogen-bond donors (Lipinski definition) is 1. The fourth-order valence-electron chi connectivity index (χ4n) is 3.53. The molecule has 1 atom stereocenters. The van der Waals surface area contributed by atoms with Crippen LogP contribution in [0.5, 0.6) is 0 Å². The molecular weight excluding hydrogens is 332 g/mol. The Labute approximate surface area is 153 Å². The van der Waals surface area contributed by atoms with Gasteiger partial charge in [-0.3, -0.25) is 29.1 Å². The Bertz CT molecular complexity index is 725. The van der Waals surface area contributed by atoms with Crippen LogP contribution in [0.4, 0.5) is 5.69 Å². The monoisotopic (exact) mass is 358 g/mol. The maximum Gasteiger partial charge on any atom is 0.246 e. The first-order valence-corrected chi connectivity index (χ1v) is 8.99. The lowest BCUT2D eigenvalue weighted by Crippen LogP contribution is -2.53. The van der Waals surface area contributed by atoms with Gasteiger partial charge in [-0.15, -0.1) is 0 Å². The van der Waals surface area contributed by atoms with E-state index in [1.54, 1.807) is 7.05 Å². The molecule has 2 saturated heterocycles. The molecule has 7 heteroatoms. The number of amides is 3. The molecule has 2 fully saturated rings. The minimum Gasteiger partial charge on any atom is -0.325 e. The van der Waals surface area contributed by atoms with Crippen molar-refractivity contribution in [3.05, 3.63) is 29.3 Å². The fourth-order valence-corrected chi connectivity index (χ4v) is 3.53. The molecule has 26 heavy (non-hydrogen) atoms. The van der Waals surface area contributed by atoms with Crippen molar-refractivity contribution < 1.29 is 14.4 Å². The quantitative estimate of drug-likeness (QED) is 0.799. The van der Waals surface area contributed by atoms with Crippen molar-refractivity contribution in [2.24, 2.45) is 0 Å². The van der Waals surface area contributed by atoms with Gasteiger partial charge < -0.3 is 5.32 Å². The zero-order valence-corrected chi connectivity index (χ0v) is 15.6. The van der Waals surface area contributed by atoms with Gasteiger partial charge in [0, 0.05) is 38.9 Å². The molecule has 3 amide bonds. The van der Waals surface area contributed by atoms with E-state index >= 15 is 0 Å². The molecule has 7 nitrogen and oxygen atoms in total. The van der Waals surface area contributed by atoms with Crippen LogP contribution in [0.1, 0.15) is 17.5 Å². The highest BCUT2D eigenvalue weighted by Gasteiger charge is 2.40. The summed E-state index contributed by atoms with van der Waals surface area (Å²) >= 11 is 0. The van der Waals surface area contributed by atoms with E-state index < -0.39 is 0 Å². The number of hydrogen-bond acceptors (Lipinski definition) is 5. The number of rotatable bonds is 4. The molecule has 1 unspecified atom stereocenters. The Hall–Kier alpha value is -2.25. The first kappa shape index (κ1) is 18.5. The molecule has 2 aliphatic heterocycles. The van der Waals surface area contributed by atoms with Gasteiger partial charge in [0.25, 0.3) is 0 Å². The van der Waals surface area contributed by atoms with Crippen LogP contribution in [0.25, 0.3) is 0 Å². The first-order chi connectivity index (χ1) is 12.4. The molecule has 0 aliphatic carbocycles. The van der Waals surface area contributed by atoms with E-state index in [2.05, 4.69) is 15.1 Å². The molecule has 140 valence electrons. The highest BCUT2D eigenvalue weighted by molar-refractivity contribution is 6.05. The van der Waals surface area contributed by atoms with Crippen LogP contribution < -0.4 is 5.32 Å². The largest absolute Gasteiger partial charge is 0.325 e. The van der Waals surface area contributed by atoms with E-state index in [4.69, 9.17) is 0 Å². The molecule has 1 aromatic carbocycles. The Morgan fingerprint density at radius 3 is 2.46 bits per heavy atom. The summed E-state index contributed by atoms with van der Waals surface area (Å²) in [5.74, 6) is -0.259. The topological polar surface area (TPSA) is 73.0 Å². The lowest BCUT2D eigenvalue weighted by Gasteiger charge is -2.36. The number of likely N-dealkylation sites (tertiary alicyclic amines) is 1. The van der Waals surface area contributed by atoms with Crippen LogP contribution in [0.2, 0.25) is 0 Å². The van der Waals surface area contributed by atoms with E-state index in [-0.39, 0.29) is 30.2 Å². The van der Waals surface area contributed by atoms with E-state index in [1.807, 2.05) is 32.0 Å². The lowest BCUT2D eigenvalue weighted by molar-refractivity contribution is -0.138. The van der Waals surface area contributed by atoms with Gasteiger partial charge in [0.2, 0.25) is 17.7 Å². The van der Waals surface area contributed by atoms with Gasteiger partial charge in [-0.2, -0.15) is 0 Å². The van der Waals surface area contributed by atoms with Crippen molar-refractivity contribution in [2.75, 3.05) is 45.1 Å². The third-order valence-corrected chi connectivity index (χ3v) is 5.45. The van der Waals surface area contributed by atoms with E-state index in [9.17, 15) is 14.4 Å². The van der Waals surface area contributed by atoms with Crippen molar-refractivity contribution in [3.63, 3.8) is 0 Å². The number of carbonyl (C=O) groups is 3. The third kappa shape index (κ3) is 3.78. The summed E-state index contributed by atoms with van der Waals surface area (Å²) in [5, 5.41) is 2.98. The number of nitrogens with one attached hydrogen (secondary N) is 1. The Kier molecular flexibility index (Phi) is 5.38. The predicted molar refractivity (Wildman–Crippen MR) is 98.7 cm³/mol. The summed E-state index contributed by atoms with van der Waals surface area (Å²) < 4.78 is 0. The predicted octanol–water partition coefficient (Wildman–Crippen LogP) is 0.617. The summed E-state index contributed by atoms with van der Waals surface area (Å²) in [5.41, 5.74) is 3.09. The normalized spacial score (nSPS) is 22.1. The van der Waals surface area contributed by atoms with Crippen molar-refractivity contribution in [3.8, 4) is 0 Å².